The minimum Gasteiger partial charge on any atom is -0.478 e. The van der Waals surface area contributed by atoms with Gasteiger partial charge in [-0.1, -0.05) is 48.0 Å². The molecule has 0 aliphatic carbocycles. The first-order valence-electron chi connectivity index (χ1n) is 9.85. The number of β-lactam (4-membered cyclic amide) rings is 1. The van der Waals surface area contributed by atoms with Crippen molar-refractivity contribution < 1.29 is 19.0 Å². The summed E-state index contributed by atoms with van der Waals surface area (Å²) in [6.07, 6.45) is 0.167. The summed E-state index contributed by atoms with van der Waals surface area (Å²) in [6, 6.07) is 22.7. The molecule has 1 amide bonds. The summed E-state index contributed by atoms with van der Waals surface area (Å²) in [6.45, 7) is 0.806. The average molecular weight is 422 g/mol. The molecule has 2 atom stereocenters. The van der Waals surface area contributed by atoms with Crippen LogP contribution in [0.2, 0.25) is 5.02 Å². The van der Waals surface area contributed by atoms with Gasteiger partial charge in [0.05, 0.1) is 0 Å². The third-order valence-electron chi connectivity index (χ3n) is 5.45. The number of likely N-dealkylation sites (tertiary alicyclic amines) is 1. The maximum absolute atomic E-state index is 13.0. The highest BCUT2D eigenvalue weighted by Gasteiger charge is 2.50. The molecule has 0 unspecified atom stereocenters. The van der Waals surface area contributed by atoms with E-state index in [4.69, 9.17) is 25.8 Å². The van der Waals surface area contributed by atoms with Crippen LogP contribution in [0.3, 0.4) is 0 Å². The number of para-hydroxylation sites is 1. The van der Waals surface area contributed by atoms with Gasteiger partial charge in [-0.15, -0.1) is 0 Å². The van der Waals surface area contributed by atoms with E-state index in [1.54, 1.807) is 0 Å². The number of hydrogen-bond acceptors (Lipinski definition) is 4. The summed E-state index contributed by atoms with van der Waals surface area (Å²) in [7, 11) is 0. The lowest BCUT2D eigenvalue weighted by atomic mass is 9.89. The van der Waals surface area contributed by atoms with Crippen LogP contribution in [0.1, 0.15) is 17.2 Å². The Hall–Kier alpha value is -3.18. The van der Waals surface area contributed by atoms with Gasteiger partial charge in [-0.25, -0.2) is 0 Å². The molecule has 0 radical (unpaired) electrons. The molecule has 0 spiro atoms. The largest absolute Gasteiger partial charge is 0.478 e. The van der Waals surface area contributed by atoms with Crippen LogP contribution >= 0.6 is 11.6 Å². The molecular formula is C24H20ClNO4. The Morgan fingerprint density at radius 2 is 1.73 bits per heavy atom. The summed E-state index contributed by atoms with van der Waals surface area (Å²) in [4.78, 5) is 14.8. The van der Waals surface area contributed by atoms with Gasteiger partial charge >= 0.3 is 0 Å². The summed E-state index contributed by atoms with van der Waals surface area (Å²) in [5, 5.41) is 0.702. The smallest absolute Gasteiger partial charge is 0.266 e. The Morgan fingerprint density at radius 3 is 2.53 bits per heavy atom. The van der Waals surface area contributed by atoms with Crippen molar-refractivity contribution in [3.63, 3.8) is 0 Å². The Balaban J connectivity index is 1.39. The number of hydrogen-bond donors (Lipinski definition) is 0. The zero-order chi connectivity index (χ0) is 20.5. The highest BCUT2D eigenvalue weighted by atomic mass is 35.5. The molecule has 6 heteroatoms. The van der Waals surface area contributed by atoms with Gasteiger partial charge in [0.25, 0.3) is 5.91 Å². The van der Waals surface area contributed by atoms with Crippen molar-refractivity contribution in [2.45, 2.75) is 18.6 Å². The van der Waals surface area contributed by atoms with Crippen LogP contribution in [-0.4, -0.2) is 30.2 Å². The topological polar surface area (TPSA) is 48.0 Å². The standard InChI is InChI=1S/C24H20ClNO4/c25-18-9-6-16(7-10-18)12-13-26-22(17-8-11-20-21(14-17)29-15-28-20)23(24(26)27)30-19-4-2-1-3-5-19/h1-11,14,22-23H,12-13,15H2/t22-,23-/m1/s1. The van der Waals surface area contributed by atoms with Crippen molar-refractivity contribution >= 4 is 17.5 Å². The predicted molar refractivity (Wildman–Crippen MR) is 113 cm³/mol. The fourth-order valence-corrected chi connectivity index (χ4v) is 4.01. The molecule has 0 bridgehead atoms. The second-order valence-corrected chi connectivity index (χ2v) is 7.75. The first kappa shape index (κ1) is 18.8. The molecule has 30 heavy (non-hydrogen) atoms. The van der Waals surface area contributed by atoms with Crippen molar-refractivity contribution in [1.29, 1.82) is 0 Å². The lowest BCUT2D eigenvalue weighted by Gasteiger charge is -2.47. The molecule has 2 aliphatic heterocycles. The quantitative estimate of drug-likeness (QED) is 0.544. The van der Waals surface area contributed by atoms with Crippen LogP contribution in [0, 0.1) is 0 Å². The van der Waals surface area contributed by atoms with Crippen molar-refractivity contribution in [3.05, 3.63) is 88.9 Å². The van der Waals surface area contributed by atoms with E-state index in [0.717, 1.165) is 23.3 Å². The van der Waals surface area contributed by atoms with Crippen molar-refractivity contribution in [1.82, 2.24) is 4.90 Å². The third-order valence-corrected chi connectivity index (χ3v) is 5.70. The molecular weight excluding hydrogens is 402 g/mol. The van der Waals surface area contributed by atoms with E-state index >= 15 is 0 Å². The van der Waals surface area contributed by atoms with Crippen LogP contribution in [0.25, 0.3) is 0 Å². The maximum Gasteiger partial charge on any atom is 0.266 e. The molecule has 2 aliphatic rings. The molecule has 3 aromatic rings. The number of ether oxygens (including phenoxy) is 3. The summed E-state index contributed by atoms with van der Waals surface area (Å²) >= 11 is 5.98. The molecule has 0 saturated carbocycles. The Kier molecular flexibility index (Phi) is 4.97. The third kappa shape index (κ3) is 3.57. The molecule has 0 aromatic heterocycles. The lowest BCUT2D eigenvalue weighted by Crippen LogP contribution is -2.61. The van der Waals surface area contributed by atoms with Gasteiger partial charge in [-0.2, -0.15) is 0 Å². The number of carbonyl (C=O) groups is 1. The molecule has 5 nitrogen and oxygen atoms in total. The monoisotopic (exact) mass is 421 g/mol. The normalized spacial score (nSPS) is 19.5. The van der Waals surface area contributed by atoms with Crippen LogP contribution in [0.15, 0.2) is 72.8 Å². The highest BCUT2D eigenvalue weighted by Crippen LogP contribution is 2.42. The molecule has 1 fully saturated rings. The Bertz CT molecular complexity index is 1050. The second-order valence-electron chi connectivity index (χ2n) is 7.32. The fourth-order valence-electron chi connectivity index (χ4n) is 3.88. The number of nitrogens with zero attached hydrogens (tertiary/aromatic N) is 1. The SMILES string of the molecule is O=C1[C@H](Oc2ccccc2)[C@@H](c2ccc3c(c2)OCO3)N1CCc1ccc(Cl)cc1. The van der Waals surface area contributed by atoms with Crippen LogP contribution < -0.4 is 14.2 Å². The van der Waals surface area contributed by atoms with Crippen LogP contribution in [0.4, 0.5) is 0 Å². The summed E-state index contributed by atoms with van der Waals surface area (Å²) < 4.78 is 17.0. The Morgan fingerprint density at radius 1 is 0.967 bits per heavy atom. The van der Waals surface area contributed by atoms with Gasteiger partial charge in [0.15, 0.2) is 11.5 Å². The number of fused-ring (bicyclic) bond motifs is 1. The number of carbonyl (C=O) groups excluding carboxylic acids is 1. The number of rotatable bonds is 6. The lowest BCUT2D eigenvalue weighted by molar-refractivity contribution is -0.164. The van der Waals surface area contributed by atoms with E-state index in [1.165, 1.54) is 0 Å². The van der Waals surface area contributed by atoms with Crippen LogP contribution in [0.5, 0.6) is 17.2 Å². The van der Waals surface area contributed by atoms with E-state index in [2.05, 4.69) is 0 Å². The molecule has 3 aromatic carbocycles. The molecule has 2 heterocycles. The van der Waals surface area contributed by atoms with Gasteiger partial charge in [-0.05, 0) is 53.9 Å². The molecule has 5 rings (SSSR count). The number of benzene rings is 3. The molecule has 1 saturated heterocycles. The van der Waals surface area contributed by atoms with Crippen molar-refractivity contribution in [3.8, 4) is 17.2 Å². The van der Waals surface area contributed by atoms with Gasteiger partial charge in [-0.3, -0.25) is 4.79 Å². The van der Waals surface area contributed by atoms with E-state index < -0.39 is 6.10 Å². The van der Waals surface area contributed by atoms with Gasteiger partial charge in [0.1, 0.15) is 11.8 Å². The van der Waals surface area contributed by atoms with Gasteiger partial charge in [0.2, 0.25) is 12.9 Å². The highest BCUT2D eigenvalue weighted by molar-refractivity contribution is 6.30. The van der Waals surface area contributed by atoms with Crippen LogP contribution in [-0.2, 0) is 11.2 Å². The van der Waals surface area contributed by atoms with E-state index in [0.29, 0.717) is 23.1 Å². The summed E-state index contributed by atoms with van der Waals surface area (Å²) in [5.41, 5.74) is 2.10. The number of amides is 1. The first-order chi connectivity index (χ1) is 14.7. The molecule has 152 valence electrons. The zero-order valence-electron chi connectivity index (χ0n) is 16.2. The first-order valence-corrected chi connectivity index (χ1v) is 10.2. The average Bonchev–Trinajstić information content (AvgIpc) is 3.25. The van der Waals surface area contributed by atoms with Gasteiger partial charge in [0, 0.05) is 11.6 Å². The van der Waals surface area contributed by atoms with Gasteiger partial charge < -0.3 is 19.1 Å². The summed E-state index contributed by atoms with van der Waals surface area (Å²) in [5.74, 6) is 2.08. The second kappa shape index (κ2) is 7.92. The van der Waals surface area contributed by atoms with Crippen molar-refractivity contribution in [2.24, 2.45) is 0 Å². The maximum atomic E-state index is 13.0. The molecule has 0 N–H and O–H groups in total. The minimum atomic E-state index is -0.571. The van der Waals surface area contributed by atoms with E-state index in [-0.39, 0.29) is 18.7 Å². The van der Waals surface area contributed by atoms with E-state index in [1.807, 2.05) is 77.7 Å². The number of halogens is 1. The predicted octanol–water partition coefficient (Wildman–Crippen LogP) is 4.64. The fraction of sp³-hybridized carbons (Fsp3) is 0.208. The Labute approximate surface area is 179 Å². The zero-order valence-corrected chi connectivity index (χ0v) is 16.9. The van der Waals surface area contributed by atoms with E-state index in [9.17, 15) is 4.79 Å². The van der Waals surface area contributed by atoms with Crippen molar-refractivity contribution in [2.75, 3.05) is 13.3 Å². The minimum absolute atomic E-state index is 0.0181.